The molecule has 4 heteroatoms. The summed E-state index contributed by atoms with van der Waals surface area (Å²) >= 11 is 0. The molecule has 2 aliphatic carbocycles. The zero-order valence-electron chi connectivity index (χ0n) is 18.1. The summed E-state index contributed by atoms with van der Waals surface area (Å²) in [5.41, 5.74) is 5.40. The van der Waals surface area contributed by atoms with Crippen molar-refractivity contribution in [3.05, 3.63) is 111 Å². The van der Waals surface area contributed by atoms with Gasteiger partial charge in [0.15, 0.2) is 0 Å². The van der Waals surface area contributed by atoms with Crippen LogP contribution in [-0.2, 0) is 26.2 Å². The van der Waals surface area contributed by atoms with E-state index in [1.165, 1.54) is 0 Å². The summed E-state index contributed by atoms with van der Waals surface area (Å²) in [6.45, 7) is 8.84. The Balaban J connectivity index is 0.000000575. The average Bonchev–Trinajstić information content (AvgIpc) is 3.43. The summed E-state index contributed by atoms with van der Waals surface area (Å²) in [5, 5.41) is 10.3. The number of pyridine rings is 1. The molecule has 0 atom stereocenters. The van der Waals surface area contributed by atoms with Gasteiger partial charge in [-0.15, -0.1) is 0 Å². The molecule has 3 rings (SSSR count). The molecule has 29 heavy (non-hydrogen) atoms. The third-order valence-electron chi connectivity index (χ3n) is 3.61. The zero-order chi connectivity index (χ0) is 20.7. The van der Waals surface area contributed by atoms with E-state index in [2.05, 4.69) is 37.2 Å². The van der Waals surface area contributed by atoms with Gasteiger partial charge in [0.05, 0.1) is 0 Å². The summed E-state index contributed by atoms with van der Waals surface area (Å²) in [5.74, 6) is 0. The average molecular weight is 480 g/mol. The number of hydrogen-bond acceptors (Lipinski definition) is 1. The van der Waals surface area contributed by atoms with E-state index in [4.69, 9.17) is 0 Å². The molecular formula is C25H32N2SiZr. The second kappa shape index (κ2) is 17.4. The maximum Gasteiger partial charge on any atom is 2.00 e. The third kappa shape index (κ3) is 15.2. The first-order chi connectivity index (χ1) is 13.4. The molecule has 2 fully saturated rings. The van der Waals surface area contributed by atoms with E-state index in [1.54, 1.807) is 6.20 Å². The Morgan fingerprint density at radius 3 is 1.72 bits per heavy atom. The molecule has 0 spiro atoms. The predicted molar refractivity (Wildman–Crippen MR) is 124 cm³/mol. The summed E-state index contributed by atoms with van der Waals surface area (Å²) < 4.78 is 0. The second-order valence-electron chi connectivity index (χ2n) is 7.45. The molecule has 2 nitrogen and oxygen atoms in total. The van der Waals surface area contributed by atoms with Crippen LogP contribution in [0, 0.1) is 69.9 Å². The van der Waals surface area contributed by atoms with Crippen LogP contribution in [0.2, 0.25) is 19.6 Å². The van der Waals surface area contributed by atoms with Gasteiger partial charge in [0.25, 0.3) is 0 Å². The van der Waals surface area contributed by atoms with E-state index in [0.29, 0.717) is 11.4 Å². The zero-order valence-corrected chi connectivity index (χ0v) is 21.6. The number of aromatic nitrogens is 1. The van der Waals surface area contributed by atoms with Crippen LogP contribution in [0.25, 0.3) is 5.41 Å². The van der Waals surface area contributed by atoms with Crippen molar-refractivity contribution in [2.24, 2.45) is 0 Å². The van der Waals surface area contributed by atoms with Crippen molar-refractivity contribution in [1.29, 1.82) is 0 Å². The van der Waals surface area contributed by atoms with Gasteiger partial charge in [0.1, 0.15) is 0 Å². The van der Waals surface area contributed by atoms with Gasteiger partial charge in [0, 0.05) is 6.20 Å². The molecule has 2 aliphatic rings. The molecule has 150 valence electrons. The van der Waals surface area contributed by atoms with Crippen LogP contribution in [0.1, 0.15) is 31.9 Å². The number of rotatable bonds is 6. The minimum atomic E-state index is -1.46. The Hall–Kier alpha value is -0.340. The molecule has 0 N–H and O–H groups in total. The second-order valence-corrected chi connectivity index (χ2v) is 12.2. The Labute approximate surface area is 201 Å². The minimum absolute atomic E-state index is 0. The van der Waals surface area contributed by atoms with Crippen LogP contribution in [0.4, 0.5) is 0 Å². The maximum absolute atomic E-state index is 10.3. The predicted octanol–water partition coefficient (Wildman–Crippen LogP) is 6.28. The van der Waals surface area contributed by atoms with E-state index >= 15 is 0 Å². The van der Waals surface area contributed by atoms with Crippen LogP contribution < -0.4 is 0 Å². The van der Waals surface area contributed by atoms with Gasteiger partial charge in [0.2, 0.25) is 0 Å². The third-order valence-corrected chi connectivity index (χ3v) is 4.66. The van der Waals surface area contributed by atoms with E-state index in [0.717, 1.165) is 24.8 Å². The molecular weight excluding hydrogens is 448 g/mol. The van der Waals surface area contributed by atoms with Crippen molar-refractivity contribution in [1.82, 2.24) is 4.98 Å². The Morgan fingerprint density at radius 2 is 1.38 bits per heavy atom. The Morgan fingerprint density at radius 1 is 0.897 bits per heavy atom. The Bertz CT molecular complexity index is 531. The van der Waals surface area contributed by atoms with Crippen molar-refractivity contribution >= 4 is 13.8 Å². The summed E-state index contributed by atoms with van der Waals surface area (Å²) in [4.78, 5) is 4.21. The number of nitrogens with zero attached hydrogens (tertiary/aromatic N) is 2. The minimum Gasteiger partial charge on any atom is -0.903 e. The van der Waals surface area contributed by atoms with Crippen molar-refractivity contribution in [3.8, 4) is 0 Å². The molecule has 1 aromatic heterocycles. The van der Waals surface area contributed by atoms with Gasteiger partial charge in [-0.25, -0.2) is 5.57 Å². The molecule has 0 saturated heterocycles. The van der Waals surface area contributed by atoms with Crippen LogP contribution in [0.3, 0.4) is 0 Å². The van der Waals surface area contributed by atoms with Crippen LogP contribution in [0.5, 0.6) is 0 Å². The van der Waals surface area contributed by atoms with Crippen LogP contribution in [-0.4, -0.2) is 18.8 Å². The fourth-order valence-corrected chi connectivity index (χ4v) is 3.49. The van der Waals surface area contributed by atoms with Gasteiger partial charge in [-0.2, -0.15) is 0 Å². The van der Waals surface area contributed by atoms with Crippen LogP contribution in [0.15, 0.2) is 30.0 Å². The van der Waals surface area contributed by atoms with Gasteiger partial charge in [-0.1, -0.05) is 58.0 Å². The van der Waals surface area contributed by atoms with E-state index in [1.807, 2.05) is 82.4 Å². The quantitative estimate of drug-likeness (QED) is 0.269. The van der Waals surface area contributed by atoms with Gasteiger partial charge < -0.3 is 5.41 Å². The SMILES string of the molecule is CCCCC(=[C-][Si](C)(C)C)C(=[N-])c1ccccn1.[CH]1[CH][CH][CH][CH]1.[CH]1[CH][CH][CH][CH]1.[Zr+2]. The van der Waals surface area contributed by atoms with Gasteiger partial charge in [-0.3, -0.25) is 16.4 Å². The van der Waals surface area contributed by atoms with Gasteiger partial charge >= 0.3 is 26.2 Å². The number of hydrogen-bond donors (Lipinski definition) is 0. The summed E-state index contributed by atoms with van der Waals surface area (Å²) in [6, 6.07) is 5.59. The number of allylic oxidation sites excluding steroid dienone is 1. The fraction of sp³-hybridized carbons (Fsp3) is 0.280. The van der Waals surface area contributed by atoms with Crippen molar-refractivity contribution in [2.75, 3.05) is 0 Å². The standard InChI is InChI=1S/C15H22N2Si.2C5H5.Zr/c1-5-6-9-13(12-18(2,3)4)15(16)14-10-7-8-11-17-14;2*1-2-4-5-3-1;/h7-8,10-11H,5-6,9H2,1-4H3;2*1-5H;/q-2;;;+2. The molecule has 10 radical (unpaired) electrons. The fourth-order valence-electron chi connectivity index (χ4n) is 2.35. The summed E-state index contributed by atoms with van der Waals surface area (Å²) in [7, 11) is -1.46. The van der Waals surface area contributed by atoms with Gasteiger partial charge in [-0.05, 0) is 84.0 Å². The molecule has 1 aromatic rings. The topological polar surface area (TPSA) is 35.2 Å². The molecule has 2 saturated carbocycles. The van der Waals surface area contributed by atoms with Crippen molar-refractivity contribution in [3.63, 3.8) is 0 Å². The van der Waals surface area contributed by atoms with E-state index in [9.17, 15) is 5.41 Å². The Kier molecular flexibility index (Phi) is 17.1. The molecule has 0 amide bonds. The largest absolute Gasteiger partial charge is 2.00 e. The van der Waals surface area contributed by atoms with Crippen molar-refractivity contribution in [2.45, 2.75) is 45.8 Å². The van der Waals surface area contributed by atoms with Crippen molar-refractivity contribution < 1.29 is 26.2 Å². The first kappa shape index (κ1) is 28.7. The normalized spacial score (nSPS) is 16.1. The summed E-state index contributed by atoms with van der Waals surface area (Å²) in [6.07, 6.45) is 24.8. The monoisotopic (exact) mass is 478 g/mol. The van der Waals surface area contributed by atoms with E-state index < -0.39 is 8.07 Å². The molecule has 0 bridgehead atoms. The molecule has 1 heterocycles. The first-order valence-corrected chi connectivity index (χ1v) is 13.4. The molecule has 0 unspecified atom stereocenters. The van der Waals surface area contributed by atoms with E-state index in [-0.39, 0.29) is 26.2 Å². The first-order valence-electron chi connectivity index (χ1n) is 9.89. The molecule has 0 aliphatic heterocycles. The molecule has 0 aromatic carbocycles. The van der Waals surface area contributed by atoms with Crippen LogP contribution >= 0.6 is 0 Å². The smallest absolute Gasteiger partial charge is 0.903 e. The maximum atomic E-state index is 10.3. The number of unbranched alkanes of at least 4 members (excludes halogenated alkanes) is 1.